The Balaban J connectivity index is 2.28. The van der Waals surface area contributed by atoms with Crippen LogP contribution in [0.5, 0.6) is 5.75 Å². The summed E-state index contributed by atoms with van der Waals surface area (Å²) in [6.07, 6.45) is 0.0379. The van der Waals surface area contributed by atoms with Crippen LogP contribution >= 0.6 is 0 Å². The summed E-state index contributed by atoms with van der Waals surface area (Å²) in [5.74, 6) is 0.857. The van der Waals surface area contributed by atoms with E-state index in [1.54, 1.807) is 12.2 Å². The molecule has 2 rings (SSSR count). The number of methoxy groups -OCH3 is 1. The predicted octanol–water partition coefficient (Wildman–Crippen LogP) is 2.67. The van der Waals surface area contributed by atoms with Crippen LogP contribution in [0.25, 0.3) is 0 Å². The molecule has 1 fully saturated rings. The van der Waals surface area contributed by atoms with Gasteiger partial charge in [0.1, 0.15) is 11.9 Å². The van der Waals surface area contributed by atoms with E-state index in [2.05, 4.69) is 44.5 Å². The van der Waals surface area contributed by atoms with Crippen LogP contribution in [-0.2, 0) is 4.84 Å². The molecule has 4 nitrogen and oxygen atoms in total. The maximum absolute atomic E-state index is 5.39. The quantitative estimate of drug-likeness (QED) is 0.803. The van der Waals surface area contributed by atoms with E-state index in [0.717, 1.165) is 11.3 Å². The zero-order valence-electron chi connectivity index (χ0n) is 11.6. The second-order valence-electron chi connectivity index (χ2n) is 5.42. The molecule has 2 radical (unpaired) electrons. The number of rotatable bonds is 2. The van der Waals surface area contributed by atoms with Crippen LogP contribution in [0.2, 0.25) is 0 Å². The Morgan fingerprint density at radius 1 is 1.22 bits per heavy atom. The van der Waals surface area contributed by atoms with Crippen molar-refractivity contribution in [3.63, 3.8) is 0 Å². The van der Waals surface area contributed by atoms with Gasteiger partial charge in [-0.15, -0.1) is 0 Å². The third-order valence-corrected chi connectivity index (χ3v) is 3.01. The first-order chi connectivity index (χ1) is 8.43. The summed E-state index contributed by atoms with van der Waals surface area (Å²) >= 11 is 0. The topological polar surface area (TPSA) is 24.9 Å². The molecule has 4 heteroatoms. The molecule has 1 aromatic carbocycles. The van der Waals surface area contributed by atoms with Crippen molar-refractivity contribution < 1.29 is 9.57 Å². The molecule has 0 amide bonds. The van der Waals surface area contributed by atoms with Crippen molar-refractivity contribution in [2.75, 3.05) is 14.2 Å². The van der Waals surface area contributed by atoms with Crippen molar-refractivity contribution in [2.45, 2.75) is 32.5 Å². The van der Waals surface area contributed by atoms with Crippen LogP contribution < -0.4 is 4.74 Å². The van der Waals surface area contributed by atoms with Gasteiger partial charge in [0.15, 0.2) is 0 Å². The molecule has 0 spiro atoms. The maximum atomic E-state index is 5.39. The lowest BCUT2D eigenvalue weighted by molar-refractivity contribution is -0.0902. The molecular weight excluding hydrogens is 228 g/mol. The Kier molecular flexibility index (Phi) is 3.61. The molecule has 0 N–H and O–H groups in total. The third kappa shape index (κ3) is 2.51. The SMILES string of the molecule is COc1ccc(C2N(C)O[C]N2C(C)(C)C)cc1. The van der Waals surface area contributed by atoms with Gasteiger partial charge in [-0.25, -0.2) is 4.90 Å². The van der Waals surface area contributed by atoms with Crippen molar-refractivity contribution in [3.05, 3.63) is 36.6 Å². The molecule has 0 bridgehead atoms. The van der Waals surface area contributed by atoms with Crippen molar-refractivity contribution in [3.8, 4) is 5.75 Å². The smallest absolute Gasteiger partial charge is 0.244 e. The van der Waals surface area contributed by atoms with Gasteiger partial charge in [0.25, 0.3) is 0 Å². The molecule has 1 aliphatic rings. The van der Waals surface area contributed by atoms with E-state index in [0.29, 0.717) is 0 Å². The second-order valence-corrected chi connectivity index (χ2v) is 5.42. The van der Waals surface area contributed by atoms with E-state index >= 15 is 0 Å². The minimum absolute atomic E-state index is 0.0379. The molecular formula is C14H20N2O2. The average molecular weight is 248 g/mol. The van der Waals surface area contributed by atoms with Crippen LogP contribution in [0.1, 0.15) is 32.5 Å². The molecule has 1 heterocycles. The van der Waals surface area contributed by atoms with Crippen LogP contribution in [0.15, 0.2) is 24.3 Å². The second kappa shape index (κ2) is 4.88. The first kappa shape index (κ1) is 13.3. The maximum Gasteiger partial charge on any atom is 0.244 e. The number of ether oxygens (including phenoxy) is 1. The lowest BCUT2D eigenvalue weighted by atomic mass is 10.0. The van der Waals surface area contributed by atoms with Crippen molar-refractivity contribution in [1.82, 2.24) is 9.96 Å². The fourth-order valence-electron chi connectivity index (χ4n) is 2.01. The fraction of sp³-hybridized carbons (Fsp3) is 0.500. The lowest BCUT2D eigenvalue weighted by Crippen LogP contribution is -2.41. The largest absolute Gasteiger partial charge is 0.497 e. The van der Waals surface area contributed by atoms with Crippen molar-refractivity contribution >= 4 is 0 Å². The van der Waals surface area contributed by atoms with Gasteiger partial charge in [0.05, 0.1) is 7.11 Å². The highest BCUT2D eigenvalue weighted by Crippen LogP contribution is 2.37. The Labute approximate surface area is 109 Å². The number of benzene rings is 1. The van der Waals surface area contributed by atoms with Crippen LogP contribution in [0.3, 0.4) is 0 Å². The number of hydrogen-bond acceptors (Lipinski definition) is 4. The Hall–Kier alpha value is -1.10. The monoisotopic (exact) mass is 248 g/mol. The van der Waals surface area contributed by atoms with E-state index in [1.165, 1.54) is 0 Å². The van der Waals surface area contributed by atoms with Gasteiger partial charge < -0.3 is 4.74 Å². The normalized spacial score (nSPS) is 22.4. The minimum Gasteiger partial charge on any atom is -0.497 e. The summed E-state index contributed by atoms with van der Waals surface area (Å²) < 4.78 is 5.18. The van der Waals surface area contributed by atoms with Gasteiger partial charge in [-0.3, -0.25) is 4.84 Å². The summed E-state index contributed by atoms with van der Waals surface area (Å²) in [4.78, 5) is 7.47. The van der Waals surface area contributed by atoms with Crippen LogP contribution in [0.4, 0.5) is 0 Å². The first-order valence-corrected chi connectivity index (χ1v) is 6.02. The van der Waals surface area contributed by atoms with Gasteiger partial charge >= 0.3 is 0 Å². The summed E-state index contributed by atoms with van der Waals surface area (Å²) in [7, 11) is 3.58. The van der Waals surface area contributed by atoms with E-state index in [1.807, 2.05) is 19.2 Å². The number of hydrogen-bond donors (Lipinski definition) is 0. The zero-order valence-corrected chi connectivity index (χ0v) is 11.6. The Morgan fingerprint density at radius 3 is 2.33 bits per heavy atom. The predicted molar refractivity (Wildman–Crippen MR) is 69.4 cm³/mol. The molecule has 1 saturated heterocycles. The molecule has 1 aliphatic heterocycles. The van der Waals surface area contributed by atoms with Gasteiger partial charge in [0.2, 0.25) is 6.73 Å². The fourth-order valence-corrected chi connectivity index (χ4v) is 2.01. The highest BCUT2D eigenvalue weighted by atomic mass is 16.7. The highest BCUT2D eigenvalue weighted by molar-refractivity contribution is 5.29. The standard InChI is InChI=1S/C14H20N2O2/c1-14(2,3)16-10-18-15(4)13(16)11-6-8-12(17-5)9-7-11/h6-9,13H,1-5H3. The van der Waals surface area contributed by atoms with Gasteiger partial charge in [-0.2, -0.15) is 5.06 Å². The molecule has 98 valence electrons. The third-order valence-electron chi connectivity index (χ3n) is 3.01. The summed E-state index contributed by atoms with van der Waals surface area (Å²) in [5.41, 5.74) is 1.10. The van der Waals surface area contributed by atoms with Crippen LogP contribution in [0, 0.1) is 6.73 Å². The number of nitrogens with zero attached hydrogens (tertiary/aromatic N) is 2. The molecule has 18 heavy (non-hydrogen) atoms. The lowest BCUT2D eigenvalue weighted by Gasteiger charge is -2.35. The van der Waals surface area contributed by atoms with Gasteiger partial charge in [-0.1, -0.05) is 12.1 Å². The minimum atomic E-state index is -0.0463. The highest BCUT2D eigenvalue weighted by Gasteiger charge is 2.39. The molecule has 1 atom stereocenters. The van der Waals surface area contributed by atoms with Crippen molar-refractivity contribution in [1.29, 1.82) is 0 Å². The van der Waals surface area contributed by atoms with E-state index in [4.69, 9.17) is 9.57 Å². The summed E-state index contributed by atoms with van der Waals surface area (Å²) in [5, 5.41) is 1.80. The number of hydroxylamine groups is 2. The van der Waals surface area contributed by atoms with Gasteiger partial charge in [0, 0.05) is 12.6 Å². The van der Waals surface area contributed by atoms with E-state index < -0.39 is 0 Å². The molecule has 0 saturated carbocycles. The first-order valence-electron chi connectivity index (χ1n) is 6.02. The average Bonchev–Trinajstić information content (AvgIpc) is 2.71. The van der Waals surface area contributed by atoms with E-state index in [-0.39, 0.29) is 11.7 Å². The molecule has 0 aliphatic carbocycles. The summed E-state index contributed by atoms with van der Waals surface area (Å²) in [6, 6.07) is 8.02. The molecule has 1 aromatic rings. The Bertz CT molecular complexity index is 397. The van der Waals surface area contributed by atoms with Crippen molar-refractivity contribution in [2.24, 2.45) is 0 Å². The molecule has 1 unspecified atom stereocenters. The zero-order chi connectivity index (χ0) is 13.3. The molecule has 0 aromatic heterocycles. The Morgan fingerprint density at radius 2 is 1.83 bits per heavy atom. The van der Waals surface area contributed by atoms with Gasteiger partial charge in [-0.05, 0) is 38.5 Å². The van der Waals surface area contributed by atoms with Crippen LogP contribution in [-0.4, -0.2) is 29.7 Å². The van der Waals surface area contributed by atoms with E-state index in [9.17, 15) is 0 Å². The summed E-state index contributed by atoms with van der Waals surface area (Å²) in [6.45, 7) is 9.37.